The summed E-state index contributed by atoms with van der Waals surface area (Å²) >= 11 is 0. The molecule has 0 aromatic rings. The number of nitrogens with zero attached hydrogens (tertiary/aromatic N) is 1. The molecule has 4 nitrogen and oxygen atoms in total. The van der Waals surface area contributed by atoms with Gasteiger partial charge in [0.1, 0.15) is 0 Å². The van der Waals surface area contributed by atoms with Crippen molar-refractivity contribution in [3.8, 4) is 0 Å². The number of hydrogen-bond donors (Lipinski definition) is 1. The predicted molar refractivity (Wildman–Crippen MR) is 87.2 cm³/mol. The van der Waals surface area contributed by atoms with Crippen LogP contribution >= 0.6 is 0 Å². The van der Waals surface area contributed by atoms with Crippen molar-refractivity contribution < 1.29 is 9.53 Å². The second-order valence-corrected chi connectivity index (χ2v) is 6.11. The van der Waals surface area contributed by atoms with Crippen molar-refractivity contribution in [1.29, 1.82) is 0 Å². The number of likely N-dealkylation sites (tertiary alicyclic amines) is 1. The highest BCUT2D eigenvalue weighted by molar-refractivity contribution is 5.76. The fourth-order valence-electron chi connectivity index (χ4n) is 2.90. The molecule has 0 radical (unpaired) electrons. The molecule has 1 saturated heterocycles. The normalized spacial score (nSPS) is 16.4. The minimum atomic E-state index is 0.302. The molecule has 1 aliphatic heterocycles. The number of hydrogen-bond acceptors (Lipinski definition) is 3. The zero-order valence-electron chi connectivity index (χ0n) is 13.8. The van der Waals surface area contributed by atoms with E-state index in [2.05, 4.69) is 6.92 Å². The molecule has 0 unspecified atom stereocenters. The number of unbranched alkanes of at least 4 members (excludes halogenated alkanes) is 6. The van der Waals surface area contributed by atoms with Gasteiger partial charge in [0.2, 0.25) is 5.91 Å². The van der Waals surface area contributed by atoms with Crippen LogP contribution in [-0.2, 0) is 9.53 Å². The van der Waals surface area contributed by atoms with Gasteiger partial charge in [0, 0.05) is 26.1 Å². The summed E-state index contributed by atoms with van der Waals surface area (Å²) in [6.07, 6.45) is 11.8. The van der Waals surface area contributed by atoms with Gasteiger partial charge in [-0.3, -0.25) is 4.79 Å². The summed E-state index contributed by atoms with van der Waals surface area (Å²) in [5.74, 6) is 0.334. The molecule has 1 fully saturated rings. The van der Waals surface area contributed by atoms with Crippen molar-refractivity contribution in [2.75, 3.05) is 26.2 Å². The molecule has 2 N–H and O–H groups in total. The summed E-state index contributed by atoms with van der Waals surface area (Å²) in [5, 5.41) is 0. The standard InChI is InChI=1S/C17H34N2O2/c1-2-3-4-5-6-7-8-9-17(20)19-13-10-16(11-14-19)21-15-12-18/h16H,2-15,18H2,1H3. The van der Waals surface area contributed by atoms with Gasteiger partial charge in [0.05, 0.1) is 12.7 Å². The highest BCUT2D eigenvalue weighted by atomic mass is 16.5. The molecule has 1 heterocycles. The molecule has 1 amide bonds. The summed E-state index contributed by atoms with van der Waals surface area (Å²) in [6, 6.07) is 0. The van der Waals surface area contributed by atoms with Crippen molar-refractivity contribution >= 4 is 5.91 Å². The van der Waals surface area contributed by atoms with Gasteiger partial charge in [-0.2, -0.15) is 0 Å². The Bertz CT molecular complexity index is 264. The first-order chi connectivity index (χ1) is 10.3. The lowest BCUT2D eigenvalue weighted by Crippen LogP contribution is -2.41. The highest BCUT2D eigenvalue weighted by Gasteiger charge is 2.22. The summed E-state index contributed by atoms with van der Waals surface area (Å²) in [5.41, 5.74) is 5.44. The van der Waals surface area contributed by atoms with Crippen LogP contribution in [0.15, 0.2) is 0 Å². The maximum Gasteiger partial charge on any atom is 0.222 e. The van der Waals surface area contributed by atoms with E-state index >= 15 is 0 Å². The van der Waals surface area contributed by atoms with E-state index in [4.69, 9.17) is 10.5 Å². The first kappa shape index (κ1) is 18.4. The summed E-state index contributed by atoms with van der Waals surface area (Å²) in [4.78, 5) is 14.1. The van der Waals surface area contributed by atoms with Gasteiger partial charge in [0.15, 0.2) is 0 Å². The summed E-state index contributed by atoms with van der Waals surface area (Å²) in [6.45, 7) is 5.16. The molecule has 0 bridgehead atoms. The maximum atomic E-state index is 12.1. The fourth-order valence-corrected chi connectivity index (χ4v) is 2.90. The van der Waals surface area contributed by atoms with E-state index < -0.39 is 0 Å². The Labute approximate surface area is 130 Å². The second kappa shape index (κ2) is 12.0. The van der Waals surface area contributed by atoms with E-state index in [0.29, 0.717) is 25.2 Å². The lowest BCUT2D eigenvalue weighted by Gasteiger charge is -2.32. The molecular formula is C17H34N2O2. The van der Waals surface area contributed by atoms with Gasteiger partial charge in [-0.1, -0.05) is 45.4 Å². The van der Waals surface area contributed by atoms with Gasteiger partial charge in [0.25, 0.3) is 0 Å². The Morgan fingerprint density at radius 3 is 2.33 bits per heavy atom. The largest absolute Gasteiger partial charge is 0.377 e. The Kier molecular flexibility index (Phi) is 10.5. The van der Waals surface area contributed by atoms with E-state index in [-0.39, 0.29) is 0 Å². The SMILES string of the molecule is CCCCCCCCCC(=O)N1CCC(OCCN)CC1. The molecule has 0 aliphatic carbocycles. The smallest absolute Gasteiger partial charge is 0.222 e. The van der Waals surface area contributed by atoms with E-state index in [1.54, 1.807) is 0 Å². The van der Waals surface area contributed by atoms with Gasteiger partial charge in [-0.15, -0.1) is 0 Å². The van der Waals surface area contributed by atoms with Crippen molar-refractivity contribution in [3.05, 3.63) is 0 Å². The third-order valence-corrected chi connectivity index (χ3v) is 4.26. The average molecular weight is 298 g/mol. The Balaban J connectivity index is 2.00. The number of rotatable bonds is 11. The molecule has 0 saturated carbocycles. The molecule has 21 heavy (non-hydrogen) atoms. The van der Waals surface area contributed by atoms with E-state index in [1.807, 2.05) is 4.90 Å². The lowest BCUT2D eigenvalue weighted by molar-refractivity contribution is -0.133. The third kappa shape index (κ3) is 8.42. The van der Waals surface area contributed by atoms with Crippen LogP contribution in [0.2, 0.25) is 0 Å². The molecule has 0 spiro atoms. The Hall–Kier alpha value is -0.610. The van der Waals surface area contributed by atoms with Crippen LogP contribution in [0.1, 0.15) is 71.1 Å². The highest BCUT2D eigenvalue weighted by Crippen LogP contribution is 2.16. The van der Waals surface area contributed by atoms with Crippen LogP contribution in [0.4, 0.5) is 0 Å². The van der Waals surface area contributed by atoms with Crippen LogP contribution in [0.25, 0.3) is 0 Å². The van der Waals surface area contributed by atoms with Crippen molar-refractivity contribution in [1.82, 2.24) is 4.90 Å². The number of carbonyl (C=O) groups is 1. The number of nitrogens with two attached hydrogens (primary N) is 1. The Morgan fingerprint density at radius 2 is 1.71 bits per heavy atom. The average Bonchev–Trinajstić information content (AvgIpc) is 2.52. The quantitative estimate of drug-likeness (QED) is 0.596. The minimum absolute atomic E-state index is 0.302. The summed E-state index contributed by atoms with van der Waals surface area (Å²) < 4.78 is 5.64. The topological polar surface area (TPSA) is 55.6 Å². The van der Waals surface area contributed by atoms with Crippen LogP contribution in [0.5, 0.6) is 0 Å². The molecule has 4 heteroatoms. The maximum absolute atomic E-state index is 12.1. The van der Waals surface area contributed by atoms with Crippen molar-refractivity contribution in [2.24, 2.45) is 5.73 Å². The van der Waals surface area contributed by atoms with Crippen molar-refractivity contribution in [3.63, 3.8) is 0 Å². The molecule has 0 atom stereocenters. The third-order valence-electron chi connectivity index (χ3n) is 4.26. The zero-order valence-corrected chi connectivity index (χ0v) is 13.8. The van der Waals surface area contributed by atoms with Gasteiger partial charge >= 0.3 is 0 Å². The van der Waals surface area contributed by atoms with Crippen LogP contribution in [0.3, 0.4) is 0 Å². The van der Waals surface area contributed by atoms with Gasteiger partial charge in [-0.25, -0.2) is 0 Å². The number of ether oxygens (including phenoxy) is 1. The number of amides is 1. The lowest BCUT2D eigenvalue weighted by atomic mass is 10.1. The van der Waals surface area contributed by atoms with E-state index in [0.717, 1.165) is 38.8 Å². The van der Waals surface area contributed by atoms with Crippen LogP contribution in [0, 0.1) is 0 Å². The second-order valence-electron chi connectivity index (χ2n) is 6.11. The van der Waals surface area contributed by atoms with Gasteiger partial charge in [-0.05, 0) is 19.3 Å². The van der Waals surface area contributed by atoms with E-state index in [9.17, 15) is 4.79 Å². The number of carbonyl (C=O) groups excluding carboxylic acids is 1. The predicted octanol–water partition coefficient (Wildman–Crippen LogP) is 3.09. The van der Waals surface area contributed by atoms with Crippen LogP contribution in [-0.4, -0.2) is 43.2 Å². The summed E-state index contributed by atoms with van der Waals surface area (Å²) in [7, 11) is 0. The molecule has 1 rings (SSSR count). The Morgan fingerprint density at radius 1 is 1.10 bits per heavy atom. The van der Waals surface area contributed by atoms with Crippen LogP contribution < -0.4 is 5.73 Å². The van der Waals surface area contributed by atoms with E-state index in [1.165, 1.54) is 38.5 Å². The first-order valence-corrected chi connectivity index (χ1v) is 8.87. The molecule has 0 aromatic carbocycles. The number of piperidine rings is 1. The monoisotopic (exact) mass is 298 g/mol. The molecular weight excluding hydrogens is 264 g/mol. The zero-order chi connectivity index (χ0) is 15.3. The first-order valence-electron chi connectivity index (χ1n) is 8.87. The fraction of sp³-hybridized carbons (Fsp3) is 0.941. The molecule has 1 aliphatic rings. The molecule has 124 valence electrons. The van der Waals surface area contributed by atoms with Crippen molar-refractivity contribution in [2.45, 2.75) is 77.2 Å². The minimum Gasteiger partial charge on any atom is -0.377 e. The molecule has 0 aromatic heterocycles. The van der Waals surface area contributed by atoms with Gasteiger partial charge < -0.3 is 15.4 Å².